The average Bonchev–Trinajstić information content (AvgIpc) is 3.59. The molecule has 1 unspecified atom stereocenters. The van der Waals surface area contributed by atoms with Gasteiger partial charge in [-0.2, -0.15) is 18.4 Å². The molecule has 2 aliphatic heterocycles. The number of halogens is 3. The quantitative estimate of drug-likeness (QED) is 0.425. The average molecular weight is 544 g/mol. The third kappa shape index (κ3) is 6.35. The van der Waals surface area contributed by atoms with Gasteiger partial charge in [0.05, 0.1) is 31.1 Å². The minimum atomic E-state index is -4.63. The summed E-state index contributed by atoms with van der Waals surface area (Å²) >= 11 is 0. The number of piperidine rings is 1. The second-order valence-electron chi connectivity index (χ2n) is 10.3. The van der Waals surface area contributed by atoms with Crippen LogP contribution in [0.1, 0.15) is 37.1 Å². The molecule has 1 N–H and O–H groups in total. The molecule has 208 valence electrons. The zero-order valence-corrected chi connectivity index (χ0v) is 21.7. The van der Waals surface area contributed by atoms with Crippen molar-refractivity contribution >= 4 is 11.0 Å². The first kappa shape index (κ1) is 27.4. The Balaban J connectivity index is 1.37. The summed E-state index contributed by atoms with van der Waals surface area (Å²) in [6, 6.07) is 7.68. The maximum Gasteiger partial charge on any atom is 0.419 e. The number of β-amino-alcohol motifs (C(OH)–C–C–N with tert-alkyl or cyclic N) is 1. The van der Waals surface area contributed by atoms with Gasteiger partial charge in [0.15, 0.2) is 0 Å². The van der Waals surface area contributed by atoms with E-state index in [4.69, 9.17) is 14.6 Å². The minimum absolute atomic E-state index is 0.0981. The highest BCUT2D eigenvalue weighted by molar-refractivity contribution is 5.91. The molecule has 0 saturated carbocycles. The number of nitrogens with zero attached hydrogens (tertiary/aromatic N) is 5. The van der Waals surface area contributed by atoms with Gasteiger partial charge >= 0.3 is 6.18 Å². The summed E-state index contributed by atoms with van der Waals surface area (Å²) in [5.41, 5.74) is 0.175. The van der Waals surface area contributed by atoms with Gasteiger partial charge in [0.25, 0.3) is 0 Å². The molecule has 2 aromatic heterocycles. The molecular formula is C28H32F3N5O3. The van der Waals surface area contributed by atoms with Gasteiger partial charge in [0.2, 0.25) is 5.82 Å². The van der Waals surface area contributed by atoms with E-state index in [1.807, 2.05) is 16.8 Å². The lowest BCUT2D eigenvalue weighted by molar-refractivity contribution is -0.138. The molecule has 1 aromatic carbocycles. The molecule has 0 radical (unpaired) electrons. The number of fused-ring (bicyclic) bond motifs is 1. The smallest absolute Gasteiger partial charge is 0.419 e. The molecule has 0 aliphatic carbocycles. The summed E-state index contributed by atoms with van der Waals surface area (Å²) in [5, 5.41) is 19.2. The van der Waals surface area contributed by atoms with Crippen LogP contribution in [-0.2, 0) is 17.5 Å². The highest BCUT2D eigenvalue weighted by atomic mass is 19.4. The van der Waals surface area contributed by atoms with E-state index in [-0.39, 0.29) is 36.0 Å². The standard InChI is InChI=1S/C28H32F3N5O3/c29-28(30,31)23-15-21(1-2-24(23)39-14-7-19-3-8-35(9-4-19)11-12-37)26-22-5-10-36(17-20-6-13-38-18-20)27(22)34-25(16-32)33-26/h1-2,5,10,15,19-20,37H,3-4,6-9,11-14,17-18H2. The number of aromatic nitrogens is 3. The number of likely N-dealkylation sites (tertiary alicyclic amines) is 1. The molecule has 11 heteroatoms. The van der Waals surface area contributed by atoms with Gasteiger partial charge < -0.3 is 24.0 Å². The van der Waals surface area contributed by atoms with Crippen LogP contribution in [0.25, 0.3) is 22.3 Å². The summed E-state index contributed by atoms with van der Waals surface area (Å²) in [6.45, 7) is 4.71. The number of aliphatic hydroxyl groups excluding tert-OH is 1. The highest BCUT2D eigenvalue weighted by Crippen LogP contribution is 2.40. The van der Waals surface area contributed by atoms with Crippen LogP contribution in [0.2, 0.25) is 0 Å². The molecule has 2 aliphatic rings. The monoisotopic (exact) mass is 543 g/mol. The molecule has 39 heavy (non-hydrogen) atoms. The van der Waals surface area contributed by atoms with Crippen LogP contribution in [0, 0.1) is 23.2 Å². The Morgan fingerprint density at radius 1 is 1.13 bits per heavy atom. The molecule has 5 rings (SSSR count). The second-order valence-corrected chi connectivity index (χ2v) is 10.3. The van der Waals surface area contributed by atoms with Crippen LogP contribution in [0.5, 0.6) is 5.75 Å². The lowest BCUT2D eigenvalue weighted by atomic mass is 9.94. The van der Waals surface area contributed by atoms with Gasteiger partial charge in [-0.3, -0.25) is 0 Å². The van der Waals surface area contributed by atoms with Crippen molar-refractivity contribution in [1.29, 1.82) is 5.26 Å². The van der Waals surface area contributed by atoms with Crippen LogP contribution >= 0.6 is 0 Å². The first-order valence-corrected chi connectivity index (χ1v) is 13.4. The van der Waals surface area contributed by atoms with Crippen LogP contribution in [0.15, 0.2) is 30.5 Å². The van der Waals surface area contributed by atoms with Gasteiger partial charge in [-0.1, -0.05) is 0 Å². The van der Waals surface area contributed by atoms with Crippen molar-refractivity contribution in [3.63, 3.8) is 0 Å². The normalized spacial score (nSPS) is 19.0. The minimum Gasteiger partial charge on any atom is -0.493 e. The van der Waals surface area contributed by atoms with Crippen LogP contribution in [0.3, 0.4) is 0 Å². The van der Waals surface area contributed by atoms with Gasteiger partial charge in [-0.15, -0.1) is 0 Å². The molecule has 2 fully saturated rings. The summed E-state index contributed by atoms with van der Waals surface area (Å²) in [7, 11) is 0. The topological polar surface area (TPSA) is 96.4 Å². The van der Waals surface area contributed by atoms with Crippen LogP contribution < -0.4 is 4.74 Å². The molecule has 1 atom stereocenters. The first-order valence-electron chi connectivity index (χ1n) is 13.4. The van der Waals surface area contributed by atoms with Crippen molar-refractivity contribution in [1.82, 2.24) is 19.4 Å². The van der Waals surface area contributed by atoms with E-state index in [0.29, 0.717) is 55.6 Å². The molecule has 0 spiro atoms. The third-order valence-corrected chi connectivity index (χ3v) is 7.66. The fraction of sp³-hybridized carbons (Fsp3) is 0.536. The SMILES string of the molecule is N#Cc1nc(-c2ccc(OCCC3CCN(CCO)CC3)c(C(F)(F)F)c2)c2ccn(CC3CCOC3)c2n1. The maximum atomic E-state index is 14.1. The van der Waals surface area contributed by atoms with E-state index in [1.165, 1.54) is 6.07 Å². The molecule has 0 amide bonds. The number of benzene rings is 1. The van der Waals surface area contributed by atoms with Crippen molar-refractivity contribution in [2.45, 2.75) is 38.4 Å². The van der Waals surface area contributed by atoms with E-state index in [0.717, 1.165) is 38.4 Å². The Labute approximate surface area is 225 Å². The first-order chi connectivity index (χ1) is 18.9. The summed E-state index contributed by atoms with van der Waals surface area (Å²) in [4.78, 5) is 10.8. The number of hydrogen-bond donors (Lipinski definition) is 1. The van der Waals surface area contributed by atoms with Crippen LogP contribution in [-0.4, -0.2) is 70.6 Å². The summed E-state index contributed by atoms with van der Waals surface area (Å²) < 4.78 is 55.4. The number of alkyl halides is 3. The van der Waals surface area contributed by atoms with E-state index in [1.54, 1.807) is 12.1 Å². The van der Waals surface area contributed by atoms with E-state index >= 15 is 0 Å². The zero-order valence-electron chi connectivity index (χ0n) is 21.7. The Hall–Kier alpha value is -3.20. The van der Waals surface area contributed by atoms with Crippen molar-refractivity contribution in [2.24, 2.45) is 11.8 Å². The van der Waals surface area contributed by atoms with Crippen molar-refractivity contribution in [3.05, 3.63) is 41.9 Å². The van der Waals surface area contributed by atoms with Crippen molar-refractivity contribution in [3.8, 4) is 23.1 Å². The molecule has 2 saturated heterocycles. The van der Waals surface area contributed by atoms with Gasteiger partial charge in [0.1, 0.15) is 17.5 Å². The predicted octanol–water partition coefficient (Wildman–Crippen LogP) is 4.50. The molecular weight excluding hydrogens is 511 g/mol. The number of aliphatic hydroxyl groups is 1. The lowest BCUT2D eigenvalue weighted by Gasteiger charge is -2.31. The van der Waals surface area contributed by atoms with E-state index in [9.17, 15) is 18.4 Å². The molecule has 8 nitrogen and oxygen atoms in total. The predicted molar refractivity (Wildman–Crippen MR) is 138 cm³/mol. The number of hydrogen-bond acceptors (Lipinski definition) is 7. The zero-order chi connectivity index (χ0) is 27.4. The lowest BCUT2D eigenvalue weighted by Crippen LogP contribution is -2.36. The maximum absolute atomic E-state index is 14.1. The molecule has 3 aromatic rings. The fourth-order valence-electron chi connectivity index (χ4n) is 5.49. The van der Waals surface area contributed by atoms with Crippen molar-refractivity contribution in [2.75, 3.05) is 46.1 Å². The van der Waals surface area contributed by atoms with Gasteiger partial charge in [-0.05, 0) is 69.0 Å². The Bertz CT molecular complexity index is 1320. The Morgan fingerprint density at radius 3 is 2.64 bits per heavy atom. The van der Waals surface area contributed by atoms with Gasteiger partial charge in [-0.25, -0.2) is 9.97 Å². The second kappa shape index (κ2) is 11.9. The van der Waals surface area contributed by atoms with E-state index < -0.39 is 11.7 Å². The number of nitriles is 1. The summed E-state index contributed by atoms with van der Waals surface area (Å²) in [6.07, 6.45) is 0.670. The largest absolute Gasteiger partial charge is 0.493 e. The van der Waals surface area contributed by atoms with E-state index in [2.05, 4.69) is 14.9 Å². The highest BCUT2D eigenvalue weighted by Gasteiger charge is 2.35. The van der Waals surface area contributed by atoms with Crippen LogP contribution in [0.4, 0.5) is 13.2 Å². The van der Waals surface area contributed by atoms with Crippen molar-refractivity contribution < 1.29 is 27.8 Å². The Morgan fingerprint density at radius 2 is 1.95 bits per heavy atom. The summed E-state index contributed by atoms with van der Waals surface area (Å²) in [5.74, 6) is 0.380. The number of ether oxygens (including phenoxy) is 2. The molecule has 0 bridgehead atoms. The van der Waals surface area contributed by atoms with Gasteiger partial charge in [0, 0.05) is 42.8 Å². The molecule has 4 heterocycles. The number of rotatable bonds is 9. The Kier molecular flexibility index (Phi) is 8.35. The fourth-order valence-corrected chi connectivity index (χ4v) is 5.49. The third-order valence-electron chi connectivity index (χ3n) is 7.66.